The highest BCUT2D eigenvalue weighted by atomic mass is 16.5. The lowest BCUT2D eigenvalue weighted by molar-refractivity contribution is -0.131. The van der Waals surface area contributed by atoms with Gasteiger partial charge in [-0.2, -0.15) is 0 Å². The van der Waals surface area contributed by atoms with Crippen LogP contribution in [0.5, 0.6) is 0 Å². The van der Waals surface area contributed by atoms with Gasteiger partial charge in [-0.05, 0) is 32.2 Å². The van der Waals surface area contributed by atoms with Crippen molar-refractivity contribution in [3.05, 3.63) is 0 Å². The maximum Gasteiger partial charge on any atom is 0.227 e. The number of ether oxygens (including phenoxy) is 1. The van der Waals surface area contributed by atoms with E-state index >= 15 is 0 Å². The van der Waals surface area contributed by atoms with Gasteiger partial charge in [0.25, 0.3) is 0 Å². The van der Waals surface area contributed by atoms with Crippen molar-refractivity contribution < 1.29 is 9.53 Å². The summed E-state index contributed by atoms with van der Waals surface area (Å²) in [5, 5.41) is 6.30. The van der Waals surface area contributed by atoms with E-state index in [1.165, 1.54) is 0 Å². The Balaban J connectivity index is 2.33. The van der Waals surface area contributed by atoms with E-state index in [1.54, 1.807) is 7.11 Å². The Hall–Kier alpha value is -0.610. The van der Waals surface area contributed by atoms with Gasteiger partial charge < -0.3 is 15.4 Å². The molecule has 2 unspecified atom stereocenters. The molecule has 0 aromatic heterocycles. The van der Waals surface area contributed by atoms with Gasteiger partial charge in [0.1, 0.15) is 0 Å². The second-order valence-electron chi connectivity index (χ2n) is 5.11. The van der Waals surface area contributed by atoms with Crippen molar-refractivity contribution in [3.8, 4) is 0 Å². The van der Waals surface area contributed by atoms with Crippen molar-refractivity contribution >= 4 is 5.91 Å². The second kappa shape index (κ2) is 6.21. The SMILES string of the molecule is COCC(C)CNC(=O)C1(C)CCCNC1. The molecule has 1 amide bonds. The molecule has 1 aliphatic heterocycles. The highest BCUT2D eigenvalue weighted by Crippen LogP contribution is 2.25. The molecule has 16 heavy (non-hydrogen) atoms. The predicted molar refractivity (Wildman–Crippen MR) is 64.3 cm³/mol. The van der Waals surface area contributed by atoms with Crippen molar-refractivity contribution in [2.75, 3.05) is 33.4 Å². The van der Waals surface area contributed by atoms with Crippen LogP contribution in [0.1, 0.15) is 26.7 Å². The molecule has 0 aliphatic carbocycles. The Morgan fingerprint density at radius 1 is 1.62 bits per heavy atom. The summed E-state index contributed by atoms with van der Waals surface area (Å²) in [5.74, 6) is 0.539. The van der Waals surface area contributed by atoms with Crippen LogP contribution in [0.15, 0.2) is 0 Å². The third-order valence-corrected chi connectivity index (χ3v) is 3.21. The monoisotopic (exact) mass is 228 g/mol. The van der Waals surface area contributed by atoms with E-state index in [2.05, 4.69) is 17.6 Å². The van der Waals surface area contributed by atoms with Crippen LogP contribution < -0.4 is 10.6 Å². The molecule has 0 aromatic rings. The molecule has 94 valence electrons. The van der Waals surface area contributed by atoms with Gasteiger partial charge in [-0.15, -0.1) is 0 Å². The summed E-state index contributed by atoms with van der Waals surface area (Å²) in [5.41, 5.74) is -0.231. The van der Waals surface area contributed by atoms with E-state index in [9.17, 15) is 4.79 Å². The van der Waals surface area contributed by atoms with Crippen LogP contribution in [-0.2, 0) is 9.53 Å². The van der Waals surface area contributed by atoms with Gasteiger partial charge in [0, 0.05) is 20.2 Å². The molecule has 2 N–H and O–H groups in total. The van der Waals surface area contributed by atoms with Crippen molar-refractivity contribution in [1.82, 2.24) is 10.6 Å². The number of hydrogen-bond acceptors (Lipinski definition) is 3. The van der Waals surface area contributed by atoms with E-state index in [1.807, 2.05) is 6.92 Å². The largest absolute Gasteiger partial charge is 0.384 e. The van der Waals surface area contributed by atoms with Crippen LogP contribution in [0.4, 0.5) is 0 Å². The average molecular weight is 228 g/mol. The molecule has 1 aliphatic rings. The van der Waals surface area contributed by atoms with E-state index < -0.39 is 0 Å². The highest BCUT2D eigenvalue weighted by Gasteiger charge is 2.34. The summed E-state index contributed by atoms with van der Waals surface area (Å²) in [6, 6.07) is 0. The zero-order valence-electron chi connectivity index (χ0n) is 10.6. The van der Waals surface area contributed by atoms with Crippen molar-refractivity contribution in [1.29, 1.82) is 0 Å². The summed E-state index contributed by atoms with van der Waals surface area (Å²) in [4.78, 5) is 12.0. The summed E-state index contributed by atoms with van der Waals surface area (Å²) in [6.07, 6.45) is 2.06. The molecule has 4 heteroatoms. The minimum Gasteiger partial charge on any atom is -0.384 e. The summed E-state index contributed by atoms with van der Waals surface area (Å²) in [6.45, 7) is 7.32. The van der Waals surface area contributed by atoms with Crippen LogP contribution in [0.25, 0.3) is 0 Å². The van der Waals surface area contributed by atoms with Crippen LogP contribution >= 0.6 is 0 Å². The number of piperidine rings is 1. The molecule has 1 heterocycles. The normalized spacial score (nSPS) is 27.4. The Kier molecular flexibility index (Phi) is 5.22. The first-order valence-electron chi connectivity index (χ1n) is 6.06. The fourth-order valence-electron chi connectivity index (χ4n) is 2.07. The molecule has 0 spiro atoms. The number of nitrogens with one attached hydrogen (secondary N) is 2. The minimum atomic E-state index is -0.231. The number of carbonyl (C=O) groups is 1. The number of methoxy groups -OCH3 is 1. The number of carbonyl (C=O) groups excluding carboxylic acids is 1. The number of rotatable bonds is 5. The first-order chi connectivity index (χ1) is 7.58. The topological polar surface area (TPSA) is 50.4 Å². The van der Waals surface area contributed by atoms with E-state index in [4.69, 9.17) is 4.74 Å². The minimum absolute atomic E-state index is 0.169. The average Bonchev–Trinajstić information content (AvgIpc) is 2.27. The third kappa shape index (κ3) is 3.76. The molecule has 4 nitrogen and oxygen atoms in total. The standard InChI is InChI=1S/C12H24N2O2/c1-10(8-16-3)7-14-11(15)12(2)5-4-6-13-9-12/h10,13H,4-9H2,1-3H3,(H,14,15). The maximum atomic E-state index is 12.0. The van der Waals surface area contributed by atoms with Crippen molar-refractivity contribution in [2.24, 2.45) is 11.3 Å². The summed E-state index contributed by atoms with van der Waals surface area (Å²) >= 11 is 0. The molecular formula is C12H24N2O2. The van der Waals surface area contributed by atoms with Crippen molar-refractivity contribution in [3.63, 3.8) is 0 Å². The zero-order chi connectivity index (χ0) is 12.0. The Morgan fingerprint density at radius 2 is 2.38 bits per heavy atom. The van der Waals surface area contributed by atoms with E-state index in [0.29, 0.717) is 19.1 Å². The Morgan fingerprint density at radius 3 is 2.94 bits per heavy atom. The number of amides is 1. The van der Waals surface area contributed by atoms with Crippen LogP contribution in [0, 0.1) is 11.3 Å². The molecule has 0 saturated carbocycles. The quantitative estimate of drug-likeness (QED) is 0.731. The van der Waals surface area contributed by atoms with Gasteiger partial charge >= 0.3 is 0 Å². The summed E-state index contributed by atoms with van der Waals surface area (Å²) in [7, 11) is 1.69. The highest BCUT2D eigenvalue weighted by molar-refractivity contribution is 5.82. The van der Waals surface area contributed by atoms with Crippen LogP contribution in [0.2, 0.25) is 0 Å². The fraction of sp³-hybridized carbons (Fsp3) is 0.917. The molecular weight excluding hydrogens is 204 g/mol. The first kappa shape index (κ1) is 13.5. The lowest BCUT2D eigenvalue weighted by Gasteiger charge is -2.33. The van der Waals surface area contributed by atoms with Gasteiger partial charge in [-0.1, -0.05) is 6.92 Å². The molecule has 0 bridgehead atoms. The lowest BCUT2D eigenvalue weighted by atomic mass is 9.82. The molecule has 1 fully saturated rings. The fourth-order valence-corrected chi connectivity index (χ4v) is 2.07. The predicted octanol–water partition coefficient (Wildman–Crippen LogP) is 0.775. The van der Waals surface area contributed by atoms with Gasteiger partial charge in [-0.25, -0.2) is 0 Å². The second-order valence-corrected chi connectivity index (χ2v) is 5.11. The Labute approximate surface area is 98.1 Å². The zero-order valence-corrected chi connectivity index (χ0v) is 10.6. The molecule has 2 atom stereocenters. The van der Waals surface area contributed by atoms with Gasteiger partial charge in [0.2, 0.25) is 5.91 Å². The summed E-state index contributed by atoms with van der Waals surface area (Å²) < 4.78 is 5.04. The molecule has 1 saturated heterocycles. The number of hydrogen-bond donors (Lipinski definition) is 2. The van der Waals surface area contributed by atoms with Gasteiger partial charge in [-0.3, -0.25) is 4.79 Å². The Bertz CT molecular complexity index is 225. The van der Waals surface area contributed by atoms with Crippen molar-refractivity contribution in [2.45, 2.75) is 26.7 Å². The molecule has 0 aromatic carbocycles. The molecule has 0 radical (unpaired) electrons. The van der Waals surface area contributed by atoms with E-state index in [0.717, 1.165) is 25.9 Å². The third-order valence-electron chi connectivity index (χ3n) is 3.21. The van der Waals surface area contributed by atoms with Crippen LogP contribution in [0.3, 0.4) is 0 Å². The van der Waals surface area contributed by atoms with Gasteiger partial charge in [0.05, 0.1) is 12.0 Å². The lowest BCUT2D eigenvalue weighted by Crippen LogP contribution is -2.49. The van der Waals surface area contributed by atoms with Gasteiger partial charge in [0.15, 0.2) is 0 Å². The van der Waals surface area contributed by atoms with Crippen LogP contribution in [-0.4, -0.2) is 39.3 Å². The maximum absolute atomic E-state index is 12.0. The molecule has 1 rings (SSSR count). The smallest absolute Gasteiger partial charge is 0.227 e. The first-order valence-corrected chi connectivity index (χ1v) is 6.06. The van der Waals surface area contributed by atoms with E-state index in [-0.39, 0.29) is 11.3 Å².